The minimum absolute atomic E-state index is 0.138. The molecule has 0 amide bonds. The van der Waals surface area contributed by atoms with Gasteiger partial charge in [0.15, 0.2) is 0 Å². The van der Waals surface area contributed by atoms with E-state index in [4.69, 9.17) is 9.40 Å². The van der Waals surface area contributed by atoms with Crippen molar-refractivity contribution >= 4 is 49.9 Å². The Morgan fingerprint density at radius 1 is 0.348 bits per heavy atom. The molecule has 0 saturated carbocycles. The van der Waals surface area contributed by atoms with Crippen molar-refractivity contribution in [2.45, 2.75) is 19.3 Å². The summed E-state index contributed by atoms with van der Waals surface area (Å²) in [5.74, 6) is 0. The van der Waals surface area contributed by atoms with Gasteiger partial charge in [0.1, 0.15) is 11.2 Å². The summed E-state index contributed by atoms with van der Waals surface area (Å²) in [6.45, 7) is 4.70. The lowest BCUT2D eigenvalue weighted by atomic mass is 9.82. The van der Waals surface area contributed by atoms with Crippen LogP contribution in [0.5, 0.6) is 0 Å². The van der Waals surface area contributed by atoms with Crippen LogP contribution in [0.15, 0.2) is 247 Å². The monoisotopic (exact) mass is 882 g/mol. The summed E-state index contributed by atoms with van der Waals surface area (Å²) in [7, 11) is 0. The van der Waals surface area contributed by atoms with E-state index in [1.807, 2.05) is 12.1 Å². The highest BCUT2D eigenvalue weighted by molar-refractivity contribution is 6.07. The van der Waals surface area contributed by atoms with Crippen LogP contribution in [-0.4, -0.2) is 4.98 Å². The molecule has 0 N–H and O–H groups in total. The number of para-hydroxylation sites is 2. The van der Waals surface area contributed by atoms with Gasteiger partial charge < -0.3 is 9.32 Å². The van der Waals surface area contributed by atoms with E-state index in [1.165, 1.54) is 44.5 Å². The van der Waals surface area contributed by atoms with Crippen LogP contribution in [0.3, 0.4) is 0 Å². The highest BCUT2D eigenvalue weighted by Gasteiger charge is 2.35. The van der Waals surface area contributed by atoms with E-state index in [0.29, 0.717) is 0 Å². The molecule has 12 aromatic rings. The van der Waals surface area contributed by atoms with Gasteiger partial charge in [0.25, 0.3) is 0 Å². The molecule has 13 rings (SSSR count). The van der Waals surface area contributed by atoms with E-state index in [-0.39, 0.29) is 5.41 Å². The minimum Gasteiger partial charge on any atom is -0.456 e. The number of benzene rings is 10. The first-order chi connectivity index (χ1) is 33.9. The Morgan fingerprint density at radius 3 is 1.64 bits per heavy atom. The van der Waals surface area contributed by atoms with E-state index in [2.05, 4.69) is 249 Å². The second-order valence-electron chi connectivity index (χ2n) is 18.7. The number of nitrogens with zero attached hydrogens (tertiary/aromatic N) is 2. The van der Waals surface area contributed by atoms with Gasteiger partial charge in [-0.2, -0.15) is 0 Å². The zero-order chi connectivity index (χ0) is 46.1. The van der Waals surface area contributed by atoms with Gasteiger partial charge in [-0.05, 0) is 128 Å². The van der Waals surface area contributed by atoms with Gasteiger partial charge in [-0.25, -0.2) is 4.98 Å². The van der Waals surface area contributed by atoms with Crippen molar-refractivity contribution in [2.75, 3.05) is 4.90 Å². The van der Waals surface area contributed by atoms with Crippen molar-refractivity contribution in [1.82, 2.24) is 4.98 Å². The molecule has 0 unspecified atom stereocenters. The lowest BCUT2D eigenvalue weighted by molar-refractivity contribution is 0.660. The number of fused-ring (bicyclic) bond motifs is 7. The van der Waals surface area contributed by atoms with Crippen LogP contribution in [-0.2, 0) is 5.41 Å². The predicted molar refractivity (Wildman–Crippen MR) is 288 cm³/mol. The summed E-state index contributed by atoms with van der Waals surface area (Å²) in [5, 5.41) is 3.32. The molecule has 3 nitrogen and oxygen atoms in total. The van der Waals surface area contributed by atoms with E-state index in [9.17, 15) is 0 Å². The third-order valence-corrected chi connectivity index (χ3v) is 14.3. The average Bonchev–Trinajstić information content (AvgIpc) is 3.90. The molecule has 0 aliphatic heterocycles. The third-order valence-electron chi connectivity index (χ3n) is 14.3. The van der Waals surface area contributed by atoms with Crippen LogP contribution < -0.4 is 4.90 Å². The van der Waals surface area contributed by atoms with Gasteiger partial charge in [-0.15, -0.1) is 0 Å². The first kappa shape index (κ1) is 40.5. The second kappa shape index (κ2) is 16.2. The predicted octanol–water partition coefficient (Wildman–Crippen LogP) is 18.2. The zero-order valence-corrected chi connectivity index (χ0v) is 38.4. The molecule has 2 aromatic heterocycles. The molecule has 0 saturated heterocycles. The van der Waals surface area contributed by atoms with Crippen molar-refractivity contribution in [2.24, 2.45) is 0 Å². The highest BCUT2D eigenvalue weighted by atomic mass is 16.3. The molecule has 1 aliphatic rings. The topological polar surface area (TPSA) is 29.3 Å². The molecule has 0 atom stereocenters. The zero-order valence-electron chi connectivity index (χ0n) is 38.4. The van der Waals surface area contributed by atoms with Gasteiger partial charge in [0.2, 0.25) is 0 Å². The largest absolute Gasteiger partial charge is 0.456 e. The molecule has 2 heterocycles. The molecule has 69 heavy (non-hydrogen) atoms. The highest BCUT2D eigenvalue weighted by Crippen LogP contribution is 2.51. The van der Waals surface area contributed by atoms with Crippen LogP contribution in [0.2, 0.25) is 0 Å². The third kappa shape index (κ3) is 6.93. The normalized spacial score (nSPS) is 12.6. The standard InChI is InChI=1S/C66H46N2O/c1-66(2)60-21-11-9-18-54(60)55-38-37-52(42-61(55)66)68(50-33-28-46(29-34-50)45-26-24-44(25-27-45)43-14-4-3-5-15-43)51-35-30-47(31-36-51)58-41-49-16-6-12-22-62(49)67-65(58)57-20-8-7-17-53(57)48-32-39-64-59(40-48)56-19-10-13-23-63(56)69-64/h3-42H,1-2H3. The van der Waals surface area contributed by atoms with Crippen LogP contribution in [0.4, 0.5) is 17.1 Å². The Balaban J connectivity index is 0.916. The van der Waals surface area contributed by atoms with Crippen LogP contribution in [0.25, 0.3) is 99.7 Å². The quantitative estimate of drug-likeness (QED) is 0.152. The van der Waals surface area contributed by atoms with Gasteiger partial charge in [0, 0.05) is 49.8 Å². The van der Waals surface area contributed by atoms with Crippen molar-refractivity contribution in [3.8, 4) is 66.9 Å². The maximum absolute atomic E-state index is 6.23. The maximum Gasteiger partial charge on any atom is 0.135 e. The SMILES string of the molecule is CC1(C)c2ccccc2-c2ccc(N(c3ccc(-c4ccc(-c5ccccc5)cc4)cc3)c3ccc(-c4cc5ccccc5nc4-c4ccccc4-c4ccc5oc6ccccc6c5c4)cc3)cc21. The number of anilines is 3. The Kier molecular flexibility index (Phi) is 9.52. The van der Waals surface area contributed by atoms with Crippen molar-refractivity contribution < 1.29 is 4.42 Å². The van der Waals surface area contributed by atoms with Crippen LogP contribution in [0, 0.1) is 0 Å². The van der Waals surface area contributed by atoms with Crippen molar-refractivity contribution in [1.29, 1.82) is 0 Å². The lowest BCUT2D eigenvalue weighted by Crippen LogP contribution is -2.16. The molecule has 0 radical (unpaired) electrons. The Labute approximate surface area is 402 Å². The smallest absolute Gasteiger partial charge is 0.135 e. The number of pyridine rings is 1. The summed E-state index contributed by atoms with van der Waals surface area (Å²) in [4.78, 5) is 7.85. The number of rotatable bonds is 8. The maximum atomic E-state index is 6.23. The summed E-state index contributed by atoms with van der Waals surface area (Å²) in [6, 6.07) is 87.6. The van der Waals surface area contributed by atoms with Gasteiger partial charge in [-0.1, -0.05) is 190 Å². The fourth-order valence-electron chi connectivity index (χ4n) is 10.7. The molecule has 0 spiro atoms. The molecule has 0 fully saturated rings. The molecule has 10 aromatic carbocycles. The first-order valence-corrected chi connectivity index (χ1v) is 23.8. The van der Waals surface area contributed by atoms with Gasteiger partial charge in [-0.3, -0.25) is 0 Å². The molecular weight excluding hydrogens is 837 g/mol. The number of hydrogen-bond donors (Lipinski definition) is 0. The summed E-state index contributed by atoms with van der Waals surface area (Å²) >= 11 is 0. The fraction of sp³-hybridized carbons (Fsp3) is 0.0455. The number of hydrogen-bond acceptors (Lipinski definition) is 3. The van der Waals surface area contributed by atoms with Crippen molar-refractivity contribution in [3.63, 3.8) is 0 Å². The van der Waals surface area contributed by atoms with E-state index < -0.39 is 0 Å². The molecule has 3 heteroatoms. The van der Waals surface area contributed by atoms with Crippen LogP contribution >= 0.6 is 0 Å². The number of furan rings is 1. The van der Waals surface area contributed by atoms with E-state index >= 15 is 0 Å². The van der Waals surface area contributed by atoms with E-state index in [0.717, 1.165) is 83.4 Å². The molecule has 326 valence electrons. The molecular formula is C66H46N2O. The Morgan fingerprint density at radius 2 is 0.884 bits per heavy atom. The summed E-state index contributed by atoms with van der Waals surface area (Å²) in [6.07, 6.45) is 0. The summed E-state index contributed by atoms with van der Waals surface area (Å²) in [5.41, 5.74) is 22.4. The minimum atomic E-state index is -0.138. The molecule has 0 bridgehead atoms. The first-order valence-electron chi connectivity index (χ1n) is 23.8. The summed E-state index contributed by atoms with van der Waals surface area (Å²) < 4.78 is 6.23. The molecule has 1 aliphatic carbocycles. The van der Waals surface area contributed by atoms with Gasteiger partial charge >= 0.3 is 0 Å². The number of aromatic nitrogens is 1. The Bertz CT molecular complexity index is 3900. The lowest BCUT2D eigenvalue weighted by Gasteiger charge is -2.28. The Hall–Kier alpha value is -8.79. The van der Waals surface area contributed by atoms with Crippen molar-refractivity contribution in [3.05, 3.63) is 254 Å². The second-order valence-corrected chi connectivity index (χ2v) is 18.7. The van der Waals surface area contributed by atoms with E-state index in [1.54, 1.807) is 0 Å². The fourth-order valence-corrected chi connectivity index (χ4v) is 10.7. The average molecular weight is 883 g/mol. The van der Waals surface area contributed by atoms with Gasteiger partial charge in [0.05, 0.1) is 11.2 Å². The van der Waals surface area contributed by atoms with Crippen LogP contribution in [0.1, 0.15) is 25.0 Å².